The minimum absolute atomic E-state index is 0.859. The van der Waals surface area contributed by atoms with Gasteiger partial charge in [-0.3, -0.25) is 5.43 Å². The number of piperidine rings is 1. The van der Waals surface area contributed by atoms with E-state index >= 15 is 0 Å². The van der Waals surface area contributed by atoms with Crippen molar-refractivity contribution < 1.29 is 0 Å². The Bertz CT molecular complexity index is 346. The standard InChI is InChI=1S/C13H19ClN2/c1-11-5-6-12(9-13(11)14)10-15-16-7-3-2-4-8-16/h5-6,9,15H,2-4,7-8,10H2,1H3. The van der Waals surface area contributed by atoms with E-state index in [-0.39, 0.29) is 0 Å². The first-order valence-corrected chi connectivity index (χ1v) is 6.37. The molecule has 16 heavy (non-hydrogen) atoms. The molecule has 0 aliphatic carbocycles. The summed E-state index contributed by atoms with van der Waals surface area (Å²) in [6.07, 6.45) is 3.98. The Morgan fingerprint density at radius 2 is 2.00 bits per heavy atom. The van der Waals surface area contributed by atoms with Gasteiger partial charge in [-0.1, -0.05) is 30.2 Å². The summed E-state index contributed by atoms with van der Waals surface area (Å²) in [5.41, 5.74) is 5.85. The molecule has 2 rings (SSSR count). The molecule has 1 aromatic rings. The van der Waals surface area contributed by atoms with Gasteiger partial charge in [0.05, 0.1) is 0 Å². The van der Waals surface area contributed by atoms with Crippen LogP contribution in [0.25, 0.3) is 0 Å². The molecule has 0 spiro atoms. The molecule has 1 aliphatic rings. The van der Waals surface area contributed by atoms with Crippen molar-refractivity contribution in [3.63, 3.8) is 0 Å². The van der Waals surface area contributed by atoms with Crippen molar-refractivity contribution in [1.29, 1.82) is 0 Å². The van der Waals surface area contributed by atoms with Crippen molar-refractivity contribution in [2.75, 3.05) is 13.1 Å². The third-order valence-corrected chi connectivity index (χ3v) is 3.51. The maximum atomic E-state index is 6.09. The second-order valence-electron chi connectivity index (χ2n) is 4.47. The van der Waals surface area contributed by atoms with Gasteiger partial charge in [0.1, 0.15) is 0 Å². The predicted molar refractivity (Wildman–Crippen MR) is 68.5 cm³/mol. The molecule has 0 amide bonds. The highest BCUT2D eigenvalue weighted by Gasteiger charge is 2.09. The molecule has 2 nitrogen and oxygen atoms in total. The van der Waals surface area contributed by atoms with Crippen molar-refractivity contribution in [3.8, 4) is 0 Å². The van der Waals surface area contributed by atoms with Crippen LogP contribution in [0.15, 0.2) is 18.2 Å². The van der Waals surface area contributed by atoms with Crippen LogP contribution in [0.4, 0.5) is 0 Å². The average Bonchev–Trinajstić information content (AvgIpc) is 2.32. The molecule has 0 aromatic heterocycles. The van der Waals surface area contributed by atoms with Gasteiger partial charge in [-0.15, -0.1) is 0 Å². The monoisotopic (exact) mass is 238 g/mol. The molecular formula is C13H19ClN2. The molecule has 0 unspecified atom stereocenters. The lowest BCUT2D eigenvalue weighted by Gasteiger charge is -2.27. The van der Waals surface area contributed by atoms with Crippen molar-refractivity contribution in [1.82, 2.24) is 10.4 Å². The number of hydrogen-bond acceptors (Lipinski definition) is 2. The molecule has 0 saturated carbocycles. The summed E-state index contributed by atoms with van der Waals surface area (Å²) < 4.78 is 0. The van der Waals surface area contributed by atoms with Crippen LogP contribution < -0.4 is 5.43 Å². The van der Waals surface area contributed by atoms with E-state index in [9.17, 15) is 0 Å². The van der Waals surface area contributed by atoms with Gasteiger partial charge in [-0.05, 0) is 37.0 Å². The Balaban J connectivity index is 1.86. The largest absolute Gasteiger partial charge is 0.251 e. The van der Waals surface area contributed by atoms with E-state index in [0.717, 1.165) is 17.1 Å². The zero-order valence-electron chi connectivity index (χ0n) is 9.80. The number of aryl methyl sites for hydroxylation is 1. The second kappa shape index (κ2) is 5.67. The van der Waals surface area contributed by atoms with Gasteiger partial charge in [-0.25, -0.2) is 5.01 Å². The van der Waals surface area contributed by atoms with Gasteiger partial charge in [0, 0.05) is 24.7 Å². The summed E-state index contributed by atoms with van der Waals surface area (Å²) in [6, 6.07) is 6.27. The molecule has 1 heterocycles. The lowest BCUT2D eigenvalue weighted by molar-refractivity contribution is 0.151. The molecule has 1 fully saturated rings. The first-order valence-electron chi connectivity index (χ1n) is 5.99. The SMILES string of the molecule is Cc1ccc(CNN2CCCCC2)cc1Cl. The van der Waals surface area contributed by atoms with Crippen LogP contribution in [0, 0.1) is 6.92 Å². The van der Waals surface area contributed by atoms with Crippen LogP contribution in [-0.4, -0.2) is 18.1 Å². The Hall–Kier alpha value is -0.570. The van der Waals surface area contributed by atoms with Gasteiger partial charge < -0.3 is 0 Å². The summed E-state index contributed by atoms with van der Waals surface area (Å²) in [6.45, 7) is 5.24. The number of halogens is 1. The summed E-state index contributed by atoms with van der Waals surface area (Å²) >= 11 is 6.09. The first kappa shape index (κ1) is 11.9. The average molecular weight is 239 g/mol. The third-order valence-electron chi connectivity index (χ3n) is 3.10. The molecule has 1 saturated heterocycles. The van der Waals surface area contributed by atoms with Crippen LogP contribution >= 0.6 is 11.6 Å². The van der Waals surface area contributed by atoms with Crippen molar-refractivity contribution in [2.45, 2.75) is 32.7 Å². The van der Waals surface area contributed by atoms with Crippen LogP contribution in [0.5, 0.6) is 0 Å². The van der Waals surface area contributed by atoms with E-state index in [1.165, 1.54) is 37.9 Å². The summed E-state index contributed by atoms with van der Waals surface area (Å²) in [7, 11) is 0. The van der Waals surface area contributed by atoms with Gasteiger partial charge >= 0.3 is 0 Å². The second-order valence-corrected chi connectivity index (χ2v) is 4.87. The molecule has 1 aromatic carbocycles. The number of rotatable bonds is 3. The van der Waals surface area contributed by atoms with Crippen molar-refractivity contribution >= 4 is 11.6 Å². The summed E-state index contributed by atoms with van der Waals surface area (Å²) in [5.74, 6) is 0. The lowest BCUT2D eigenvalue weighted by atomic mass is 10.1. The fourth-order valence-corrected chi connectivity index (χ4v) is 2.20. The predicted octanol–water partition coefficient (Wildman–Crippen LogP) is 3.14. The molecule has 1 N–H and O–H groups in total. The van der Waals surface area contributed by atoms with Gasteiger partial charge in [-0.2, -0.15) is 0 Å². The molecule has 0 bridgehead atoms. The van der Waals surface area contributed by atoms with Crippen LogP contribution in [-0.2, 0) is 6.54 Å². The fourth-order valence-electron chi connectivity index (χ4n) is 2.00. The van der Waals surface area contributed by atoms with E-state index in [1.807, 2.05) is 13.0 Å². The zero-order valence-corrected chi connectivity index (χ0v) is 10.6. The normalized spacial score (nSPS) is 17.6. The van der Waals surface area contributed by atoms with Crippen LogP contribution in [0.1, 0.15) is 30.4 Å². The van der Waals surface area contributed by atoms with E-state index in [1.54, 1.807) is 0 Å². The Kier molecular flexibility index (Phi) is 4.22. The minimum atomic E-state index is 0.859. The minimum Gasteiger partial charge on any atom is -0.251 e. The van der Waals surface area contributed by atoms with Crippen LogP contribution in [0.2, 0.25) is 5.02 Å². The van der Waals surface area contributed by atoms with Crippen LogP contribution in [0.3, 0.4) is 0 Å². The number of hydrazine groups is 1. The molecule has 1 aliphatic heterocycles. The highest BCUT2D eigenvalue weighted by atomic mass is 35.5. The molecule has 88 valence electrons. The highest BCUT2D eigenvalue weighted by Crippen LogP contribution is 2.16. The lowest BCUT2D eigenvalue weighted by Crippen LogP contribution is -2.41. The highest BCUT2D eigenvalue weighted by molar-refractivity contribution is 6.31. The Morgan fingerprint density at radius 3 is 2.69 bits per heavy atom. The van der Waals surface area contributed by atoms with Gasteiger partial charge in [0.2, 0.25) is 0 Å². The third kappa shape index (κ3) is 3.21. The number of nitrogens with one attached hydrogen (secondary N) is 1. The number of hydrogen-bond donors (Lipinski definition) is 1. The molecule has 0 atom stereocenters. The molecule has 3 heteroatoms. The number of benzene rings is 1. The smallest absolute Gasteiger partial charge is 0.0438 e. The van der Waals surface area contributed by atoms with Gasteiger partial charge in [0.15, 0.2) is 0 Å². The van der Waals surface area contributed by atoms with Crippen molar-refractivity contribution in [3.05, 3.63) is 34.3 Å². The maximum Gasteiger partial charge on any atom is 0.0438 e. The van der Waals surface area contributed by atoms with E-state index in [4.69, 9.17) is 11.6 Å². The summed E-state index contributed by atoms with van der Waals surface area (Å²) in [5, 5.41) is 3.18. The zero-order chi connectivity index (χ0) is 11.4. The first-order chi connectivity index (χ1) is 7.75. The van der Waals surface area contributed by atoms with E-state index in [0.29, 0.717) is 0 Å². The Morgan fingerprint density at radius 1 is 1.25 bits per heavy atom. The molecular weight excluding hydrogens is 220 g/mol. The summed E-state index contributed by atoms with van der Waals surface area (Å²) in [4.78, 5) is 0. The Labute approximate surface area is 103 Å². The fraction of sp³-hybridized carbons (Fsp3) is 0.538. The maximum absolute atomic E-state index is 6.09. The van der Waals surface area contributed by atoms with Crippen molar-refractivity contribution in [2.24, 2.45) is 0 Å². The molecule has 0 radical (unpaired) electrons. The number of nitrogens with zero attached hydrogens (tertiary/aromatic N) is 1. The van der Waals surface area contributed by atoms with E-state index in [2.05, 4.69) is 22.6 Å². The topological polar surface area (TPSA) is 15.3 Å². The quantitative estimate of drug-likeness (QED) is 0.871. The van der Waals surface area contributed by atoms with E-state index < -0.39 is 0 Å². The van der Waals surface area contributed by atoms with Gasteiger partial charge in [0.25, 0.3) is 0 Å².